The fraction of sp³-hybridized carbons (Fsp3) is 0.440. The number of fused-ring (bicyclic) bond motifs is 1. The van der Waals surface area contributed by atoms with Crippen molar-refractivity contribution in [3.05, 3.63) is 47.0 Å². The Morgan fingerprint density at radius 3 is 2.47 bits per heavy atom. The monoisotopic (exact) mass is 439 g/mol. The summed E-state index contributed by atoms with van der Waals surface area (Å²) in [5, 5.41) is 0. The normalized spacial score (nSPS) is 16.9. The molecule has 2 aromatic carbocycles. The lowest BCUT2D eigenvalue weighted by Crippen LogP contribution is -2.53. The predicted molar refractivity (Wildman–Crippen MR) is 119 cm³/mol. The highest BCUT2D eigenvalue weighted by Crippen LogP contribution is 2.47. The van der Waals surface area contributed by atoms with Crippen molar-refractivity contribution in [2.75, 3.05) is 33.9 Å². The van der Waals surface area contributed by atoms with Gasteiger partial charge in [0.2, 0.25) is 5.75 Å². The molecule has 2 aliphatic heterocycles. The number of nitrogens with zero attached hydrogens (tertiary/aromatic N) is 1. The Morgan fingerprint density at radius 1 is 1.06 bits per heavy atom. The molecule has 1 amide bonds. The van der Waals surface area contributed by atoms with Crippen molar-refractivity contribution in [1.82, 2.24) is 4.90 Å². The van der Waals surface area contributed by atoms with Gasteiger partial charge >= 0.3 is 0 Å². The number of carbonyl (C=O) groups is 2. The first-order valence-corrected chi connectivity index (χ1v) is 10.8. The first-order valence-electron chi connectivity index (χ1n) is 10.8. The molecule has 7 heteroatoms. The molecule has 2 aromatic rings. The van der Waals surface area contributed by atoms with Crippen molar-refractivity contribution in [1.29, 1.82) is 0 Å². The Bertz CT molecular complexity index is 1040. The van der Waals surface area contributed by atoms with Gasteiger partial charge in [0.15, 0.2) is 23.9 Å². The van der Waals surface area contributed by atoms with E-state index in [1.54, 1.807) is 24.1 Å². The van der Waals surface area contributed by atoms with E-state index in [2.05, 4.69) is 0 Å². The lowest BCUT2D eigenvalue weighted by Gasteiger charge is -2.44. The summed E-state index contributed by atoms with van der Waals surface area (Å²) in [5.41, 5.74) is 2.17. The van der Waals surface area contributed by atoms with Crippen molar-refractivity contribution in [2.24, 2.45) is 0 Å². The van der Waals surface area contributed by atoms with Gasteiger partial charge in [0, 0.05) is 25.9 Å². The zero-order valence-electron chi connectivity index (χ0n) is 19.0. The number of hydrogen-bond donors (Lipinski definition) is 0. The number of methoxy groups -OCH3 is 2. The lowest BCUT2D eigenvalue weighted by atomic mass is 9.82. The summed E-state index contributed by atoms with van der Waals surface area (Å²) in [7, 11) is 3.08. The molecule has 32 heavy (non-hydrogen) atoms. The van der Waals surface area contributed by atoms with Gasteiger partial charge in [0.25, 0.3) is 5.91 Å². The molecule has 2 aliphatic rings. The van der Waals surface area contributed by atoms with Crippen molar-refractivity contribution < 1.29 is 28.5 Å². The third-order valence-corrected chi connectivity index (χ3v) is 6.47. The van der Waals surface area contributed by atoms with Crippen LogP contribution in [0.25, 0.3) is 0 Å². The summed E-state index contributed by atoms with van der Waals surface area (Å²) in [4.78, 5) is 27.4. The second-order valence-corrected chi connectivity index (χ2v) is 8.48. The fourth-order valence-electron chi connectivity index (χ4n) is 4.34. The number of carbonyl (C=O) groups excluding carboxylic acids is 2. The number of Topliss-reactive ketones (excluding diaryl/α,β-unsaturated/α-hetero) is 1. The first kappa shape index (κ1) is 22.0. The number of rotatable bonds is 5. The fourth-order valence-corrected chi connectivity index (χ4v) is 4.34. The Morgan fingerprint density at radius 2 is 1.81 bits per heavy atom. The van der Waals surface area contributed by atoms with E-state index in [1.807, 2.05) is 32.0 Å². The van der Waals surface area contributed by atoms with Crippen LogP contribution in [0.2, 0.25) is 0 Å². The third kappa shape index (κ3) is 4.11. The van der Waals surface area contributed by atoms with Crippen LogP contribution in [-0.2, 0) is 4.79 Å². The second kappa shape index (κ2) is 8.73. The van der Waals surface area contributed by atoms with E-state index in [9.17, 15) is 9.59 Å². The SMILES string of the molecule is COc1ccc2c(c1OC)OC1(CCN(C(=O)COc3ccc(C)c(C)c3)CC1)CC2=O. The maximum Gasteiger partial charge on any atom is 0.260 e. The maximum absolute atomic E-state index is 12.9. The van der Waals surface area contributed by atoms with Gasteiger partial charge in [-0.1, -0.05) is 6.07 Å². The molecule has 170 valence electrons. The molecule has 4 rings (SSSR count). The average molecular weight is 440 g/mol. The Labute approximate surface area is 188 Å². The number of benzene rings is 2. The minimum atomic E-state index is -0.643. The average Bonchev–Trinajstić information content (AvgIpc) is 2.79. The van der Waals surface area contributed by atoms with Crippen LogP contribution in [0.4, 0.5) is 0 Å². The molecule has 0 aromatic heterocycles. The number of aryl methyl sites for hydroxylation is 2. The van der Waals surface area contributed by atoms with E-state index in [-0.39, 0.29) is 24.7 Å². The molecule has 0 bridgehead atoms. The zero-order valence-corrected chi connectivity index (χ0v) is 19.0. The molecule has 0 unspecified atom stereocenters. The van der Waals surface area contributed by atoms with Gasteiger partial charge in [0.05, 0.1) is 26.2 Å². The molecule has 7 nitrogen and oxygen atoms in total. The van der Waals surface area contributed by atoms with Crippen molar-refractivity contribution in [3.63, 3.8) is 0 Å². The molecular formula is C25H29NO6. The molecule has 0 radical (unpaired) electrons. The molecule has 0 aliphatic carbocycles. The van der Waals surface area contributed by atoms with Crippen molar-refractivity contribution >= 4 is 11.7 Å². The van der Waals surface area contributed by atoms with E-state index < -0.39 is 5.60 Å². The van der Waals surface area contributed by atoms with Crippen molar-refractivity contribution in [2.45, 2.75) is 38.7 Å². The molecular weight excluding hydrogens is 410 g/mol. The van der Waals surface area contributed by atoms with Crippen LogP contribution in [0.3, 0.4) is 0 Å². The molecule has 1 spiro atoms. The van der Waals surface area contributed by atoms with E-state index >= 15 is 0 Å². The molecule has 1 saturated heterocycles. The van der Waals surface area contributed by atoms with Crippen LogP contribution in [0.5, 0.6) is 23.0 Å². The molecule has 0 saturated carbocycles. The van der Waals surface area contributed by atoms with Crippen LogP contribution in [0, 0.1) is 13.8 Å². The van der Waals surface area contributed by atoms with Crippen LogP contribution in [0.15, 0.2) is 30.3 Å². The summed E-state index contributed by atoms with van der Waals surface area (Å²) in [6, 6.07) is 9.23. The molecule has 0 atom stereocenters. The van der Waals surface area contributed by atoms with Gasteiger partial charge in [-0.15, -0.1) is 0 Å². The predicted octanol–water partition coefficient (Wildman–Crippen LogP) is 3.73. The van der Waals surface area contributed by atoms with Gasteiger partial charge in [-0.2, -0.15) is 0 Å². The zero-order chi connectivity index (χ0) is 22.9. The van der Waals surface area contributed by atoms with E-state index in [0.717, 1.165) is 5.56 Å². The van der Waals surface area contributed by atoms with Gasteiger partial charge in [-0.3, -0.25) is 9.59 Å². The summed E-state index contributed by atoms with van der Waals surface area (Å²) >= 11 is 0. The van der Waals surface area contributed by atoms with Crippen LogP contribution in [-0.4, -0.2) is 56.1 Å². The van der Waals surface area contributed by atoms with E-state index in [0.29, 0.717) is 54.5 Å². The standard InChI is InChI=1S/C25H29NO6/c1-16-5-6-18(13-17(16)2)31-15-22(28)26-11-9-25(10-12-26)14-20(27)19-7-8-21(29-3)24(30-4)23(19)32-25/h5-8,13H,9-12,14-15H2,1-4H3. The Hall–Kier alpha value is -3.22. The van der Waals surface area contributed by atoms with E-state index in [1.165, 1.54) is 12.7 Å². The molecule has 2 heterocycles. The van der Waals surface area contributed by atoms with Crippen molar-refractivity contribution in [3.8, 4) is 23.0 Å². The Balaban J connectivity index is 1.41. The quantitative estimate of drug-likeness (QED) is 0.707. The Kier molecular flexibility index (Phi) is 6.00. The molecule has 1 fully saturated rings. The number of piperidine rings is 1. The minimum absolute atomic E-state index is 0.0108. The topological polar surface area (TPSA) is 74.3 Å². The largest absolute Gasteiger partial charge is 0.493 e. The van der Waals surface area contributed by atoms with Gasteiger partial charge < -0.3 is 23.8 Å². The number of amides is 1. The van der Waals surface area contributed by atoms with Crippen LogP contribution in [0.1, 0.15) is 40.7 Å². The maximum atomic E-state index is 12.9. The van der Waals surface area contributed by atoms with E-state index in [4.69, 9.17) is 18.9 Å². The summed E-state index contributed by atoms with van der Waals surface area (Å²) < 4.78 is 22.9. The number of likely N-dealkylation sites (tertiary alicyclic amines) is 1. The second-order valence-electron chi connectivity index (χ2n) is 8.48. The summed E-state index contributed by atoms with van der Waals surface area (Å²) in [6.07, 6.45) is 1.42. The van der Waals surface area contributed by atoms with Gasteiger partial charge in [-0.05, 0) is 49.2 Å². The number of hydrogen-bond acceptors (Lipinski definition) is 6. The van der Waals surface area contributed by atoms with Crippen LogP contribution >= 0.6 is 0 Å². The number of ether oxygens (including phenoxy) is 4. The molecule has 0 N–H and O–H groups in total. The lowest BCUT2D eigenvalue weighted by molar-refractivity contribution is -0.137. The highest BCUT2D eigenvalue weighted by atomic mass is 16.5. The summed E-state index contributed by atoms with van der Waals surface area (Å²) in [5.74, 6) is 2.02. The summed E-state index contributed by atoms with van der Waals surface area (Å²) in [6.45, 7) is 5.05. The van der Waals surface area contributed by atoms with Gasteiger partial charge in [-0.25, -0.2) is 0 Å². The third-order valence-electron chi connectivity index (χ3n) is 6.47. The first-order chi connectivity index (χ1) is 15.4. The van der Waals surface area contributed by atoms with Gasteiger partial charge in [0.1, 0.15) is 11.4 Å². The highest BCUT2D eigenvalue weighted by molar-refractivity contribution is 6.01. The number of ketones is 1. The minimum Gasteiger partial charge on any atom is -0.493 e. The van der Waals surface area contributed by atoms with Crippen LogP contribution < -0.4 is 18.9 Å². The highest BCUT2D eigenvalue weighted by Gasteiger charge is 2.45. The smallest absolute Gasteiger partial charge is 0.260 e.